The summed E-state index contributed by atoms with van der Waals surface area (Å²) in [6.07, 6.45) is 1.16. The maximum Gasteiger partial charge on any atom is 0.0455 e. The lowest BCUT2D eigenvalue weighted by molar-refractivity contribution is 0.810. The molecule has 2 atom stereocenters. The van der Waals surface area contributed by atoms with Crippen LogP contribution in [-0.2, 0) is 0 Å². The first-order chi connectivity index (χ1) is 6.22. The molecule has 1 saturated carbocycles. The van der Waals surface area contributed by atoms with Crippen LogP contribution < -0.4 is 5.73 Å². The number of hydrogen-bond donors (Lipinski definition) is 1. The van der Waals surface area contributed by atoms with E-state index >= 15 is 0 Å². The maximum atomic E-state index is 6.06. The minimum Gasteiger partial charge on any atom is -0.330 e. The summed E-state index contributed by atoms with van der Waals surface area (Å²) in [6, 6.07) is 5.68. The van der Waals surface area contributed by atoms with Gasteiger partial charge in [-0.3, -0.25) is 0 Å². The molecule has 1 aromatic carbocycles. The van der Waals surface area contributed by atoms with Gasteiger partial charge >= 0.3 is 0 Å². The Morgan fingerprint density at radius 2 is 2.07 bits per heavy atom. The molecule has 0 spiro atoms. The van der Waals surface area contributed by atoms with Crippen LogP contribution in [-0.4, -0.2) is 6.54 Å². The predicted molar refractivity (Wildman–Crippen MR) is 63.6 cm³/mol. The van der Waals surface area contributed by atoms with Crippen molar-refractivity contribution in [2.24, 2.45) is 11.7 Å². The summed E-state index contributed by atoms with van der Waals surface area (Å²) in [4.78, 5) is 0. The first-order valence-electron chi connectivity index (χ1n) is 4.37. The van der Waals surface area contributed by atoms with Crippen molar-refractivity contribution in [1.82, 2.24) is 0 Å². The quantitative estimate of drug-likeness (QED) is 0.857. The Labute approximate surface area is 100.0 Å². The van der Waals surface area contributed by atoms with Gasteiger partial charge in [0.05, 0.1) is 0 Å². The van der Waals surface area contributed by atoms with E-state index in [0.717, 1.165) is 18.0 Å². The molecule has 0 heterocycles. The third-order valence-corrected chi connectivity index (χ3v) is 3.15. The number of nitrogens with two attached hydrogens (primary N) is 1. The smallest absolute Gasteiger partial charge is 0.0455 e. The van der Waals surface area contributed by atoms with Gasteiger partial charge in [-0.15, -0.1) is 12.4 Å². The zero-order valence-corrected chi connectivity index (χ0v) is 9.87. The highest BCUT2D eigenvalue weighted by Crippen LogP contribution is 2.49. The van der Waals surface area contributed by atoms with Gasteiger partial charge in [-0.2, -0.15) is 0 Å². The SMILES string of the molecule is Cl.NC[C@@H]1C[C@@H]1c1ccc(Cl)cc1Cl. The lowest BCUT2D eigenvalue weighted by atomic mass is 10.1. The second-order valence-corrected chi connectivity index (χ2v) is 4.35. The highest BCUT2D eigenvalue weighted by Gasteiger charge is 2.37. The number of halogens is 3. The largest absolute Gasteiger partial charge is 0.330 e. The average molecular weight is 253 g/mol. The first-order valence-corrected chi connectivity index (χ1v) is 5.13. The van der Waals surface area contributed by atoms with Crippen molar-refractivity contribution in [2.45, 2.75) is 12.3 Å². The topological polar surface area (TPSA) is 26.0 Å². The van der Waals surface area contributed by atoms with Crippen molar-refractivity contribution in [3.05, 3.63) is 33.8 Å². The molecule has 2 N–H and O–H groups in total. The van der Waals surface area contributed by atoms with E-state index in [1.807, 2.05) is 12.1 Å². The molecule has 0 bridgehead atoms. The molecule has 1 aliphatic rings. The van der Waals surface area contributed by atoms with Crippen LogP contribution in [0.3, 0.4) is 0 Å². The molecule has 0 unspecified atom stereocenters. The van der Waals surface area contributed by atoms with Crippen LogP contribution in [0.2, 0.25) is 10.0 Å². The van der Waals surface area contributed by atoms with E-state index in [1.165, 1.54) is 5.56 Å². The lowest BCUT2D eigenvalue weighted by Gasteiger charge is -2.02. The van der Waals surface area contributed by atoms with Crippen LogP contribution in [0, 0.1) is 5.92 Å². The fourth-order valence-corrected chi connectivity index (χ4v) is 2.24. The monoisotopic (exact) mass is 251 g/mol. The second-order valence-electron chi connectivity index (χ2n) is 3.50. The lowest BCUT2D eigenvalue weighted by Crippen LogP contribution is -2.02. The van der Waals surface area contributed by atoms with E-state index in [0.29, 0.717) is 16.9 Å². The van der Waals surface area contributed by atoms with Crippen molar-refractivity contribution < 1.29 is 0 Å². The Kier molecular flexibility index (Phi) is 4.08. The third-order valence-electron chi connectivity index (χ3n) is 2.59. The number of rotatable bonds is 2. The minimum absolute atomic E-state index is 0. The summed E-state index contributed by atoms with van der Waals surface area (Å²) < 4.78 is 0. The highest BCUT2D eigenvalue weighted by molar-refractivity contribution is 6.35. The maximum absolute atomic E-state index is 6.06. The molecule has 1 nitrogen and oxygen atoms in total. The van der Waals surface area contributed by atoms with Crippen molar-refractivity contribution in [3.8, 4) is 0 Å². The average Bonchev–Trinajstić information content (AvgIpc) is 2.83. The zero-order valence-electron chi connectivity index (χ0n) is 7.54. The molecule has 1 fully saturated rings. The van der Waals surface area contributed by atoms with Gasteiger partial charge in [0, 0.05) is 10.0 Å². The van der Waals surface area contributed by atoms with Crippen LogP contribution in [0.1, 0.15) is 17.9 Å². The second kappa shape index (κ2) is 4.71. The molecule has 0 saturated heterocycles. The van der Waals surface area contributed by atoms with Gasteiger partial charge in [0.25, 0.3) is 0 Å². The standard InChI is InChI=1S/C10H11Cl2N.ClH/c11-7-1-2-8(10(12)4-7)9-3-6(9)5-13;/h1-2,4,6,9H,3,5,13H2;1H/t6-,9-;/m0./s1. The number of hydrogen-bond acceptors (Lipinski definition) is 1. The van der Waals surface area contributed by atoms with Gasteiger partial charge in [-0.25, -0.2) is 0 Å². The van der Waals surface area contributed by atoms with Gasteiger partial charge in [-0.1, -0.05) is 29.3 Å². The summed E-state index contributed by atoms with van der Waals surface area (Å²) in [5.41, 5.74) is 6.77. The summed E-state index contributed by atoms with van der Waals surface area (Å²) in [5, 5.41) is 1.46. The van der Waals surface area contributed by atoms with Crippen LogP contribution in [0.4, 0.5) is 0 Å². The summed E-state index contributed by atoms with van der Waals surface area (Å²) in [7, 11) is 0. The van der Waals surface area contributed by atoms with Gasteiger partial charge in [0.1, 0.15) is 0 Å². The number of benzene rings is 1. The van der Waals surface area contributed by atoms with Crippen molar-refractivity contribution in [3.63, 3.8) is 0 Å². The van der Waals surface area contributed by atoms with Crippen molar-refractivity contribution >= 4 is 35.6 Å². The van der Waals surface area contributed by atoms with Crippen LogP contribution >= 0.6 is 35.6 Å². The Hall–Kier alpha value is 0.0500. The Morgan fingerprint density at radius 3 is 2.57 bits per heavy atom. The predicted octanol–water partition coefficient (Wildman–Crippen LogP) is 3.48. The van der Waals surface area contributed by atoms with E-state index in [9.17, 15) is 0 Å². The molecule has 78 valence electrons. The van der Waals surface area contributed by atoms with Crippen molar-refractivity contribution in [2.75, 3.05) is 6.54 Å². The first kappa shape index (κ1) is 12.1. The van der Waals surface area contributed by atoms with Crippen molar-refractivity contribution in [1.29, 1.82) is 0 Å². The van der Waals surface area contributed by atoms with E-state index in [4.69, 9.17) is 28.9 Å². The Morgan fingerprint density at radius 1 is 1.36 bits per heavy atom. The molecular formula is C10H12Cl3N. The molecule has 1 aromatic rings. The van der Waals surface area contributed by atoms with Gasteiger partial charge in [-0.05, 0) is 42.5 Å². The molecule has 0 aromatic heterocycles. The van der Waals surface area contributed by atoms with E-state index in [2.05, 4.69) is 0 Å². The fourth-order valence-electron chi connectivity index (χ4n) is 1.69. The molecule has 4 heteroatoms. The molecule has 2 rings (SSSR count). The zero-order chi connectivity index (χ0) is 9.42. The Balaban J connectivity index is 0.000000980. The minimum atomic E-state index is 0. The normalized spacial score (nSPS) is 24.2. The van der Waals surface area contributed by atoms with Crippen LogP contribution in [0.15, 0.2) is 18.2 Å². The molecule has 0 radical (unpaired) electrons. The van der Waals surface area contributed by atoms with E-state index in [-0.39, 0.29) is 12.4 Å². The highest BCUT2D eigenvalue weighted by atomic mass is 35.5. The Bertz CT molecular complexity index is 327. The van der Waals surface area contributed by atoms with Crippen LogP contribution in [0.5, 0.6) is 0 Å². The van der Waals surface area contributed by atoms with Gasteiger partial charge < -0.3 is 5.73 Å². The summed E-state index contributed by atoms with van der Waals surface area (Å²) in [6.45, 7) is 0.754. The van der Waals surface area contributed by atoms with Crippen LogP contribution in [0.25, 0.3) is 0 Å². The molecule has 14 heavy (non-hydrogen) atoms. The van der Waals surface area contributed by atoms with Gasteiger partial charge in [0.2, 0.25) is 0 Å². The molecule has 1 aliphatic carbocycles. The molecule has 0 aliphatic heterocycles. The fraction of sp³-hybridized carbons (Fsp3) is 0.400. The molecular weight excluding hydrogens is 240 g/mol. The van der Waals surface area contributed by atoms with Gasteiger partial charge in [0.15, 0.2) is 0 Å². The summed E-state index contributed by atoms with van der Waals surface area (Å²) >= 11 is 11.9. The van der Waals surface area contributed by atoms with E-state index < -0.39 is 0 Å². The van der Waals surface area contributed by atoms with E-state index in [1.54, 1.807) is 6.07 Å². The third kappa shape index (κ3) is 2.34. The summed E-state index contributed by atoms with van der Waals surface area (Å²) in [5.74, 6) is 1.19. The molecule has 0 amide bonds.